The number of nitrogens with zero attached hydrogens (tertiary/aromatic N) is 2. The van der Waals surface area contributed by atoms with Crippen LogP contribution in [0, 0.1) is 11.7 Å². The van der Waals surface area contributed by atoms with E-state index in [9.17, 15) is 17.6 Å². The third-order valence-corrected chi connectivity index (χ3v) is 5.13. The van der Waals surface area contributed by atoms with E-state index in [-0.39, 0.29) is 17.6 Å². The van der Waals surface area contributed by atoms with E-state index in [4.69, 9.17) is 0 Å². The number of carbonyl (C=O) groups is 1. The maximum absolute atomic E-state index is 13.1. The van der Waals surface area contributed by atoms with E-state index in [0.29, 0.717) is 36.5 Å². The molecule has 7 nitrogen and oxygen atoms in total. The van der Waals surface area contributed by atoms with Gasteiger partial charge < -0.3 is 4.90 Å². The van der Waals surface area contributed by atoms with Gasteiger partial charge in [0.2, 0.25) is 10.0 Å². The minimum Gasteiger partial charge on any atom is -0.338 e. The summed E-state index contributed by atoms with van der Waals surface area (Å²) in [5, 5.41) is 6.77. The van der Waals surface area contributed by atoms with Crippen LogP contribution in [0.3, 0.4) is 0 Å². The Morgan fingerprint density at radius 1 is 1.38 bits per heavy atom. The smallest absolute Gasteiger partial charge is 0.257 e. The highest BCUT2D eigenvalue weighted by Crippen LogP contribution is 2.25. The van der Waals surface area contributed by atoms with E-state index >= 15 is 0 Å². The van der Waals surface area contributed by atoms with E-state index in [1.54, 1.807) is 17.0 Å². The van der Waals surface area contributed by atoms with Gasteiger partial charge in [0.05, 0.1) is 23.7 Å². The zero-order valence-corrected chi connectivity index (χ0v) is 15.2. The Kier molecular flexibility index (Phi) is 5.38. The molecule has 0 unspecified atom stereocenters. The first-order chi connectivity index (χ1) is 12.3. The van der Waals surface area contributed by atoms with Crippen LogP contribution in [0.25, 0.3) is 11.3 Å². The number of amides is 1. The highest BCUT2D eigenvalue weighted by Gasteiger charge is 2.27. The van der Waals surface area contributed by atoms with Crippen molar-refractivity contribution in [3.63, 3.8) is 0 Å². The van der Waals surface area contributed by atoms with Gasteiger partial charge in [-0.2, -0.15) is 5.10 Å². The molecule has 1 aromatic carbocycles. The molecule has 1 saturated heterocycles. The fourth-order valence-corrected chi connectivity index (χ4v) is 3.68. The molecule has 1 aromatic heterocycles. The zero-order valence-electron chi connectivity index (χ0n) is 14.4. The summed E-state index contributed by atoms with van der Waals surface area (Å²) in [4.78, 5) is 14.6. The number of nitrogens with one attached hydrogen (secondary N) is 2. The standard InChI is InChI=1S/C17H21FN4O3S/c1-26(24,25)20-9-12-3-2-8-22(11-12)17(23)15-10-19-21-16(15)13-4-6-14(18)7-5-13/h4-7,10,12,20H,2-3,8-9,11H2,1H3,(H,19,21)/t12-/m0/s1. The van der Waals surface area contributed by atoms with E-state index < -0.39 is 10.0 Å². The summed E-state index contributed by atoms with van der Waals surface area (Å²) in [7, 11) is -3.25. The number of hydrogen-bond donors (Lipinski definition) is 2. The molecular formula is C17H21FN4O3S. The lowest BCUT2D eigenvalue weighted by Gasteiger charge is -2.32. The fourth-order valence-electron chi connectivity index (χ4n) is 3.14. The molecule has 2 N–H and O–H groups in total. The van der Waals surface area contributed by atoms with Gasteiger partial charge in [-0.3, -0.25) is 9.89 Å². The second kappa shape index (κ2) is 7.55. The van der Waals surface area contributed by atoms with Crippen LogP contribution in [0.4, 0.5) is 4.39 Å². The highest BCUT2D eigenvalue weighted by atomic mass is 32.2. The molecule has 140 valence electrons. The number of sulfonamides is 1. The molecule has 2 heterocycles. The third-order valence-electron chi connectivity index (χ3n) is 4.44. The summed E-state index contributed by atoms with van der Waals surface area (Å²) in [5.74, 6) is -0.441. The summed E-state index contributed by atoms with van der Waals surface area (Å²) < 4.78 is 38.2. The Bertz CT molecular complexity index is 880. The van der Waals surface area contributed by atoms with E-state index in [1.165, 1.54) is 18.3 Å². The third kappa shape index (κ3) is 4.47. The minimum absolute atomic E-state index is 0.0728. The summed E-state index contributed by atoms with van der Waals surface area (Å²) in [5.41, 5.74) is 1.65. The molecule has 9 heteroatoms. The Balaban J connectivity index is 1.73. The van der Waals surface area contributed by atoms with E-state index in [2.05, 4.69) is 14.9 Å². The van der Waals surface area contributed by atoms with Crippen LogP contribution in [0.5, 0.6) is 0 Å². The number of H-pyrrole nitrogens is 1. The second-order valence-electron chi connectivity index (χ2n) is 6.55. The largest absolute Gasteiger partial charge is 0.338 e. The monoisotopic (exact) mass is 380 g/mol. The molecule has 0 bridgehead atoms. The van der Waals surface area contributed by atoms with Crippen molar-refractivity contribution in [3.8, 4) is 11.3 Å². The maximum Gasteiger partial charge on any atom is 0.257 e. The van der Waals surface area contributed by atoms with Gasteiger partial charge in [0, 0.05) is 25.2 Å². The van der Waals surface area contributed by atoms with Crippen LogP contribution in [-0.4, -0.2) is 55.3 Å². The van der Waals surface area contributed by atoms with Gasteiger partial charge in [-0.25, -0.2) is 17.5 Å². The van der Waals surface area contributed by atoms with Crippen LogP contribution < -0.4 is 4.72 Å². The number of aromatic nitrogens is 2. The Morgan fingerprint density at radius 2 is 2.12 bits per heavy atom. The molecule has 0 spiro atoms. The lowest BCUT2D eigenvalue weighted by molar-refractivity contribution is 0.0677. The number of rotatable bonds is 5. The quantitative estimate of drug-likeness (QED) is 0.824. The van der Waals surface area contributed by atoms with Crippen molar-refractivity contribution in [3.05, 3.63) is 41.8 Å². The average molecular weight is 380 g/mol. The summed E-state index contributed by atoms with van der Waals surface area (Å²) in [6, 6.07) is 5.85. The number of piperidine rings is 1. The van der Waals surface area contributed by atoms with Gasteiger partial charge in [-0.05, 0) is 43.0 Å². The van der Waals surface area contributed by atoms with E-state index in [0.717, 1.165) is 19.1 Å². The minimum atomic E-state index is -3.25. The van der Waals surface area contributed by atoms with Crippen molar-refractivity contribution in [2.24, 2.45) is 5.92 Å². The molecule has 0 radical (unpaired) electrons. The first-order valence-electron chi connectivity index (χ1n) is 8.37. The molecule has 1 aliphatic heterocycles. The summed E-state index contributed by atoms with van der Waals surface area (Å²) >= 11 is 0. The van der Waals surface area contributed by atoms with Crippen LogP contribution >= 0.6 is 0 Å². The lowest BCUT2D eigenvalue weighted by atomic mass is 9.97. The number of halogens is 1. The molecule has 1 aliphatic rings. The molecule has 3 rings (SSSR count). The van der Waals surface area contributed by atoms with Gasteiger partial charge in [-0.1, -0.05) is 0 Å². The molecule has 0 aliphatic carbocycles. The van der Waals surface area contributed by atoms with Crippen LogP contribution in [-0.2, 0) is 10.0 Å². The first kappa shape index (κ1) is 18.5. The van der Waals surface area contributed by atoms with Crippen LogP contribution in [0.2, 0.25) is 0 Å². The van der Waals surface area contributed by atoms with Gasteiger partial charge in [0.15, 0.2) is 0 Å². The Hall–Kier alpha value is -2.26. The average Bonchev–Trinajstić information content (AvgIpc) is 3.09. The van der Waals surface area contributed by atoms with Crippen LogP contribution in [0.1, 0.15) is 23.2 Å². The van der Waals surface area contributed by atoms with Crippen molar-refractivity contribution >= 4 is 15.9 Å². The normalized spacial score (nSPS) is 18.1. The first-order valence-corrected chi connectivity index (χ1v) is 10.3. The number of likely N-dealkylation sites (tertiary alicyclic amines) is 1. The molecule has 26 heavy (non-hydrogen) atoms. The topological polar surface area (TPSA) is 95.2 Å². The van der Waals surface area contributed by atoms with Gasteiger partial charge in [0.25, 0.3) is 5.91 Å². The van der Waals surface area contributed by atoms with Crippen molar-refractivity contribution < 1.29 is 17.6 Å². The van der Waals surface area contributed by atoms with E-state index in [1.807, 2.05) is 0 Å². The Labute approximate surface area is 151 Å². The predicted octanol–water partition coefficient (Wildman–Crippen LogP) is 1.62. The molecule has 2 aromatic rings. The predicted molar refractivity (Wildman–Crippen MR) is 95.5 cm³/mol. The van der Waals surface area contributed by atoms with Crippen LogP contribution in [0.15, 0.2) is 30.5 Å². The molecule has 0 saturated carbocycles. The second-order valence-corrected chi connectivity index (χ2v) is 8.38. The summed E-state index contributed by atoms with van der Waals surface area (Å²) in [6.07, 6.45) is 4.27. The van der Waals surface area contributed by atoms with Gasteiger partial charge in [-0.15, -0.1) is 0 Å². The number of aromatic amines is 1. The maximum atomic E-state index is 13.1. The molecule has 1 amide bonds. The SMILES string of the molecule is CS(=O)(=O)NC[C@@H]1CCCN(C(=O)c2cn[nH]c2-c2ccc(F)cc2)C1. The van der Waals surface area contributed by atoms with Crippen molar-refractivity contribution in [2.75, 3.05) is 25.9 Å². The zero-order chi connectivity index (χ0) is 18.7. The lowest BCUT2D eigenvalue weighted by Crippen LogP contribution is -2.43. The number of carbonyl (C=O) groups excluding carboxylic acids is 1. The highest BCUT2D eigenvalue weighted by molar-refractivity contribution is 7.88. The molecule has 1 atom stereocenters. The number of hydrogen-bond acceptors (Lipinski definition) is 4. The Morgan fingerprint density at radius 3 is 2.81 bits per heavy atom. The van der Waals surface area contributed by atoms with Crippen molar-refractivity contribution in [2.45, 2.75) is 12.8 Å². The number of benzene rings is 1. The summed E-state index contributed by atoms with van der Waals surface area (Å²) in [6.45, 7) is 1.41. The fraction of sp³-hybridized carbons (Fsp3) is 0.412. The van der Waals surface area contributed by atoms with Gasteiger partial charge in [0.1, 0.15) is 5.82 Å². The van der Waals surface area contributed by atoms with Crippen molar-refractivity contribution in [1.82, 2.24) is 19.8 Å². The van der Waals surface area contributed by atoms with Gasteiger partial charge >= 0.3 is 0 Å². The molecular weight excluding hydrogens is 359 g/mol. The molecule has 1 fully saturated rings. The van der Waals surface area contributed by atoms with Crippen molar-refractivity contribution in [1.29, 1.82) is 0 Å².